The van der Waals surface area contributed by atoms with E-state index in [-0.39, 0.29) is 30.0 Å². The SMILES string of the molecule is CN(C)C(=O)Sc1ccccc1NC(=O)CCNC(=O)c1ccc(Br)cc1. The molecule has 0 spiro atoms. The van der Waals surface area contributed by atoms with Crippen molar-refractivity contribution in [2.24, 2.45) is 0 Å². The van der Waals surface area contributed by atoms with Crippen LogP contribution < -0.4 is 10.6 Å². The maximum Gasteiger partial charge on any atom is 0.286 e. The van der Waals surface area contributed by atoms with Gasteiger partial charge in [-0.15, -0.1) is 0 Å². The van der Waals surface area contributed by atoms with Gasteiger partial charge in [-0.3, -0.25) is 14.4 Å². The number of benzene rings is 2. The standard InChI is InChI=1S/C19H20BrN3O3S/c1-23(2)19(26)27-16-6-4-3-5-15(16)22-17(24)11-12-21-18(25)13-7-9-14(20)10-8-13/h3-10H,11-12H2,1-2H3,(H,21,25)(H,22,24). The lowest BCUT2D eigenvalue weighted by Gasteiger charge is -2.13. The van der Waals surface area contributed by atoms with Crippen molar-refractivity contribution < 1.29 is 14.4 Å². The molecule has 0 aliphatic carbocycles. The number of anilines is 1. The number of halogens is 1. The first-order chi connectivity index (χ1) is 12.9. The Kier molecular flexibility index (Phi) is 7.87. The lowest BCUT2D eigenvalue weighted by Crippen LogP contribution is -2.27. The van der Waals surface area contributed by atoms with E-state index in [1.165, 1.54) is 4.90 Å². The Morgan fingerprint density at radius 1 is 1.04 bits per heavy atom. The van der Waals surface area contributed by atoms with Gasteiger partial charge in [0.25, 0.3) is 11.1 Å². The van der Waals surface area contributed by atoms with E-state index < -0.39 is 0 Å². The zero-order valence-electron chi connectivity index (χ0n) is 15.0. The minimum atomic E-state index is -0.239. The van der Waals surface area contributed by atoms with Gasteiger partial charge in [-0.05, 0) is 48.2 Å². The molecule has 0 aromatic heterocycles. The van der Waals surface area contributed by atoms with Crippen molar-refractivity contribution >= 4 is 50.4 Å². The molecule has 2 aromatic rings. The molecule has 0 aliphatic rings. The van der Waals surface area contributed by atoms with Gasteiger partial charge in [0, 0.05) is 42.0 Å². The van der Waals surface area contributed by atoms with Crippen LogP contribution in [-0.2, 0) is 4.79 Å². The molecular formula is C19H20BrN3O3S. The van der Waals surface area contributed by atoms with E-state index in [0.717, 1.165) is 16.2 Å². The largest absolute Gasteiger partial charge is 0.352 e. The van der Waals surface area contributed by atoms with E-state index in [1.54, 1.807) is 62.6 Å². The molecule has 0 atom stereocenters. The lowest BCUT2D eigenvalue weighted by atomic mass is 10.2. The summed E-state index contributed by atoms with van der Waals surface area (Å²) in [5.74, 6) is -0.473. The second kappa shape index (κ2) is 10.1. The molecule has 142 valence electrons. The van der Waals surface area contributed by atoms with Gasteiger partial charge in [-0.25, -0.2) is 0 Å². The highest BCUT2D eigenvalue weighted by Gasteiger charge is 2.13. The molecule has 0 bridgehead atoms. The molecule has 3 amide bonds. The summed E-state index contributed by atoms with van der Waals surface area (Å²) in [4.78, 5) is 38.2. The molecule has 2 aromatic carbocycles. The second-order valence-electron chi connectivity index (χ2n) is 5.82. The van der Waals surface area contributed by atoms with Crippen LogP contribution in [0.4, 0.5) is 10.5 Å². The maximum absolute atomic E-state index is 12.2. The minimum absolute atomic E-state index is 0.126. The van der Waals surface area contributed by atoms with Crippen LogP contribution in [0.15, 0.2) is 57.9 Å². The Morgan fingerprint density at radius 2 is 1.70 bits per heavy atom. The highest BCUT2D eigenvalue weighted by molar-refractivity contribution is 9.10. The third-order valence-electron chi connectivity index (χ3n) is 3.47. The summed E-state index contributed by atoms with van der Waals surface area (Å²) in [7, 11) is 3.34. The fourth-order valence-electron chi connectivity index (χ4n) is 2.05. The summed E-state index contributed by atoms with van der Waals surface area (Å²) in [5, 5.41) is 5.38. The van der Waals surface area contributed by atoms with Crippen molar-refractivity contribution in [3.63, 3.8) is 0 Å². The summed E-state index contributed by atoms with van der Waals surface area (Å²) >= 11 is 4.36. The normalized spacial score (nSPS) is 10.2. The molecule has 27 heavy (non-hydrogen) atoms. The molecule has 0 saturated carbocycles. The molecule has 0 aliphatic heterocycles. The lowest BCUT2D eigenvalue weighted by molar-refractivity contribution is -0.116. The number of rotatable bonds is 6. The number of nitrogens with zero attached hydrogens (tertiary/aromatic N) is 1. The van der Waals surface area contributed by atoms with Gasteiger partial charge in [0.1, 0.15) is 0 Å². The van der Waals surface area contributed by atoms with Gasteiger partial charge in [0.05, 0.1) is 5.69 Å². The highest BCUT2D eigenvalue weighted by Crippen LogP contribution is 2.28. The van der Waals surface area contributed by atoms with E-state index in [2.05, 4.69) is 26.6 Å². The van der Waals surface area contributed by atoms with Crippen molar-refractivity contribution in [3.8, 4) is 0 Å². The molecule has 0 saturated heterocycles. The Balaban J connectivity index is 1.86. The van der Waals surface area contributed by atoms with E-state index in [4.69, 9.17) is 0 Å². The topological polar surface area (TPSA) is 78.5 Å². The molecule has 0 radical (unpaired) electrons. The number of nitrogens with one attached hydrogen (secondary N) is 2. The highest BCUT2D eigenvalue weighted by atomic mass is 79.9. The van der Waals surface area contributed by atoms with Gasteiger partial charge < -0.3 is 15.5 Å². The third kappa shape index (κ3) is 6.73. The van der Waals surface area contributed by atoms with Crippen molar-refractivity contribution in [3.05, 3.63) is 58.6 Å². The molecule has 0 fully saturated rings. The molecule has 2 rings (SSSR count). The number of thioether (sulfide) groups is 1. The predicted molar refractivity (Wildman–Crippen MR) is 111 cm³/mol. The Hall–Kier alpha value is -2.32. The van der Waals surface area contributed by atoms with Crippen LogP contribution in [-0.4, -0.2) is 42.6 Å². The van der Waals surface area contributed by atoms with E-state index in [0.29, 0.717) is 16.1 Å². The zero-order valence-corrected chi connectivity index (χ0v) is 17.4. The first-order valence-electron chi connectivity index (χ1n) is 8.18. The summed E-state index contributed by atoms with van der Waals surface area (Å²) in [6, 6.07) is 14.1. The van der Waals surface area contributed by atoms with Crippen LogP contribution in [0.5, 0.6) is 0 Å². The minimum Gasteiger partial charge on any atom is -0.352 e. The van der Waals surface area contributed by atoms with Crippen LogP contribution in [0, 0.1) is 0 Å². The van der Waals surface area contributed by atoms with Crippen LogP contribution in [0.3, 0.4) is 0 Å². The number of para-hydroxylation sites is 1. The Bertz CT molecular complexity index is 825. The van der Waals surface area contributed by atoms with Crippen molar-refractivity contribution in [1.29, 1.82) is 0 Å². The number of hydrogen-bond acceptors (Lipinski definition) is 4. The van der Waals surface area contributed by atoms with E-state index >= 15 is 0 Å². The number of carbonyl (C=O) groups is 3. The van der Waals surface area contributed by atoms with Crippen molar-refractivity contribution in [2.45, 2.75) is 11.3 Å². The van der Waals surface area contributed by atoms with E-state index in [1.807, 2.05) is 0 Å². The van der Waals surface area contributed by atoms with Crippen LogP contribution in [0.2, 0.25) is 0 Å². The smallest absolute Gasteiger partial charge is 0.286 e. The summed E-state index contributed by atoms with van der Waals surface area (Å²) in [6.45, 7) is 0.215. The first-order valence-corrected chi connectivity index (χ1v) is 9.79. The fourth-order valence-corrected chi connectivity index (χ4v) is 3.06. The van der Waals surface area contributed by atoms with Crippen LogP contribution in [0.1, 0.15) is 16.8 Å². The first kappa shape index (κ1) is 21.0. The van der Waals surface area contributed by atoms with Crippen molar-refractivity contribution in [2.75, 3.05) is 26.0 Å². The van der Waals surface area contributed by atoms with Gasteiger partial charge in [0.15, 0.2) is 0 Å². The molecule has 8 heteroatoms. The number of carbonyl (C=O) groups excluding carboxylic acids is 3. The Labute approximate surface area is 170 Å². The van der Waals surface area contributed by atoms with E-state index in [9.17, 15) is 14.4 Å². The Morgan fingerprint density at radius 3 is 2.37 bits per heavy atom. The molecule has 6 nitrogen and oxygen atoms in total. The monoisotopic (exact) mass is 449 g/mol. The van der Waals surface area contributed by atoms with Gasteiger partial charge >= 0.3 is 0 Å². The number of hydrogen-bond donors (Lipinski definition) is 2. The predicted octanol–water partition coefficient (Wildman–Crippen LogP) is 3.98. The summed E-state index contributed by atoms with van der Waals surface area (Å²) in [5.41, 5.74) is 1.10. The second-order valence-corrected chi connectivity index (χ2v) is 7.73. The van der Waals surface area contributed by atoms with Crippen molar-refractivity contribution in [1.82, 2.24) is 10.2 Å². The molecular weight excluding hydrogens is 430 g/mol. The van der Waals surface area contributed by atoms with Crippen LogP contribution in [0.25, 0.3) is 0 Å². The van der Waals surface area contributed by atoms with Gasteiger partial charge in [-0.2, -0.15) is 0 Å². The average Bonchev–Trinajstić information content (AvgIpc) is 2.63. The summed E-state index contributed by atoms with van der Waals surface area (Å²) < 4.78 is 0.891. The van der Waals surface area contributed by atoms with Crippen LogP contribution >= 0.6 is 27.7 Å². The van der Waals surface area contributed by atoms with Gasteiger partial charge in [0.2, 0.25) is 5.91 Å². The molecule has 2 N–H and O–H groups in total. The maximum atomic E-state index is 12.2. The quantitative estimate of drug-likeness (QED) is 0.653. The molecule has 0 unspecified atom stereocenters. The molecule has 0 heterocycles. The summed E-state index contributed by atoms with van der Waals surface area (Å²) in [6.07, 6.45) is 0.128. The number of amides is 3. The van der Waals surface area contributed by atoms with Gasteiger partial charge in [-0.1, -0.05) is 28.1 Å². The third-order valence-corrected chi connectivity index (χ3v) is 5.11. The zero-order chi connectivity index (χ0) is 19.8. The average molecular weight is 450 g/mol. The fraction of sp³-hybridized carbons (Fsp3) is 0.211.